The second-order valence-corrected chi connectivity index (χ2v) is 9.19. The molecule has 1 N–H and O–H groups in total. The third-order valence-electron chi connectivity index (χ3n) is 5.29. The number of aliphatic hydroxyl groups is 1. The van der Waals surface area contributed by atoms with Gasteiger partial charge in [-0.3, -0.25) is 4.79 Å². The standard InChI is InChI=1S/C20H19ClN2O4S/c1-12-13(2)22(19-15(12)7-5-8-17(19)21)10-14(24)11-23-20(25)16-6-3-4-9-18(16)28(23,26)27/h3-9,14,24H,10-11H2,1-2H3/t14-/m0/s1. The number of rotatable bonds is 4. The zero-order valence-electron chi connectivity index (χ0n) is 15.4. The van der Waals surface area contributed by atoms with E-state index in [0.29, 0.717) is 5.02 Å². The summed E-state index contributed by atoms with van der Waals surface area (Å²) in [4.78, 5) is 12.5. The Morgan fingerprint density at radius 2 is 1.79 bits per heavy atom. The number of benzene rings is 2. The van der Waals surface area contributed by atoms with Crippen molar-refractivity contribution < 1.29 is 18.3 Å². The molecule has 0 saturated carbocycles. The first-order valence-electron chi connectivity index (χ1n) is 8.81. The fourth-order valence-corrected chi connectivity index (χ4v) is 5.64. The lowest BCUT2D eigenvalue weighted by Gasteiger charge is -2.21. The number of aromatic nitrogens is 1. The molecule has 2 aromatic carbocycles. The van der Waals surface area contributed by atoms with Crippen LogP contribution in [0.15, 0.2) is 47.4 Å². The van der Waals surface area contributed by atoms with Crippen LogP contribution in [0.2, 0.25) is 5.02 Å². The molecule has 8 heteroatoms. The Morgan fingerprint density at radius 1 is 1.07 bits per heavy atom. The van der Waals surface area contributed by atoms with Crippen molar-refractivity contribution in [2.24, 2.45) is 0 Å². The highest BCUT2D eigenvalue weighted by atomic mass is 35.5. The van der Waals surface area contributed by atoms with Crippen LogP contribution in [-0.4, -0.2) is 41.0 Å². The molecule has 2 heterocycles. The highest BCUT2D eigenvalue weighted by molar-refractivity contribution is 7.90. The highest BCUT2D eigenvalue weighted by Gasteiger charge is 2.41. The van der Waals surface area contributed by atoms with Crippen molar-refractivity contribution in [3.8, 4) is 0 Å². The van der Waals surface area contributed by atoms with Crippen molar-refractivity contribution in [1.29, 1.82) is 0 Å². The van der Waals surface area contributed by atoms with E-state index >= 15 is 0 Å². The molecule has 0 radical (unpaired) electrons. The molecular weight excluding hydrogens is 400 g/mol. The fraction of sp³-hybridized carbons (Fsp3) is 0.250. The Balaban J connectivity index is 1.65. The molecule has 0 unspecified atom stereocenters. The van der Waals surface area contributed by atoms with Gasteiger partial charge in [-0.15, -0.1) is 0 Å². The summed E-state index contributed by atoms with van der Waals surface area (Å²) in [6.45, 7) is 3.70. The maximum atomic E-state index is 12.7. The number of aliphatic hydroxyl groups excluding tert-OH is 1. The molecule has 3 aromatic rings. The summed E-state index contributed by atoms with van der Waals surface area (Å²) < 4.78 is 28.0. The van der Waals surface area contributed by atoms with Gasteiger partial charge in [0.05, 0.1) is 35.3 Å². The van der Waals surface area contributed by atoms with Crippen LogP contribution < -0.4 is 0 Å². The number of hydrogen-bond donors (Lipinski definition) is 1. The molecule has 146 valence electrons. The van der Waals surface area contributed by atoms with E-state index in [1.54, 1.807) is 18.2 Å². The lowest BCUT2D eigenvalue weighted by molar-refractivity contribution is 0.0772. The number of aryl methyl sites for hydroxylation is 1. The Hall–Kier alpha value is -2.35. The quantitative estimate of drug-likeness (QED) is 0.706. The SMILES string of the molecule is Cc1c(C)n(C[C@H](O)CN2C(=O)c3ccccc3S2(=O)=O)c2c(Cl)cccc12. The summed E-state index contributed by atoms with van der Waals surface area (Å²) in [5.74, 6) is -0.613. The van der Waals surface area contributed by atoms with E-state index in [4.69, 9.17) is 11.6 Å². The van der Waals surface area contributed by atoms with Gasteiger partial charge in [-0.1, -0.05) is 35.9 Å². The summed E-state index contributed by atoms with van der Waals surface area (Å²) in [7, 11) is -3.95. The smallest absolute Gasteiger partial charge is 0.269 e. The predicted molar refractivity (Wildman–Crippen MR) is 107 cm³/mol. The molecule has 0 saturated heterocycles. The van der Waals surface area contributed by atoms with Crippen LogP contribution in [0.25, 0.3) is 10.9 Å². The summed E-state index contributed by atoms with van der Waals surface area (Å²) in [6, 6.07) is 11.7. The largest absolute Gasteiger partial charge is 0.389 e. The molecule has 28 heavy (non-hydrogen) atoms. The van der Waals surface area contributed by atoms with Crippen LogP contribution >= 0.6 is 11.6 Å². The molecule has 0 spiro atoms. The van der Waals surface area contributed by atoms with Gasteiger partial charge in [-0.2, -0.15) is 0 Å². The van der Waals surface area contributed by atoms with E-state index in [0.717, 1.165) is 26.5 Å². The first-order valence-corrected chi connectivity index (χ1v) is 10.6. The lowest BCUT2D eigenvalue weighted by Crippen LogP contribution is -2.38. The predicted octanol–water partition coefficient (Wildman–Crippen LogP) is 3.12. The summed E-state index contributed by atoms with van der Waals surface area (Å²) >= 11 is 6.37. The monoisotopic (exact) mass is 418 g/mol. The van der Waals surface area contributed by atoms with Crippen molar-refractivity contribution in [1.82, 2.24) is 8.87 Å². The Bertz CT molecular complexity index is 1220. The number of β-amino-alcohol motifs (C(OH)–C–C–N with tert-alkyl or cyclic N) is 1. The van der Waals surface area contributed by atoms with Crippen molar-refractivity contribution in [2.45, 2.75) is 31.4 Å². The molecule has 6 nitrogen and oxygen atoms in total. The molecular formula is C20H19ClN2O4S. The fourth-order valence-electron chi connectivity index (χ4n) is 3.76. The van der Waals surface area contributed by atoms with E-state index in [2.05, 4.69) is 0 Å². The van der Waals surface area contributed by atoms with Gasteiger partial charge >= 0.3 is 0 Å². The lowest BCUT2D eigenvalue weighted by atomic mass is 10.2. The Morgan fingerprint density at radius 3 is 2.50 bits per heavy atom. The number of nitrogens with zero attached hydrogens (tertiary/aromatic N) is 2. The second-order valence-electron chi connectivity index (χ2n) is 6.95. The summed E-state index contributed by atoms with van der Waals surface area (Å²) in [5, 5.41) is 12.2. The van der Waals surface area contributed by atoms with Gasteiger partial charge in [-0.25, -0.2) is 12.7 Å². The van der Waals surface area contributed by atoms with Gasteiger partial charge in [-0.05, 0) is 37.6 Å². The molecule has 0 bridgehead atoms. The van der Waals surface area contributed by atoms with Gasteiger partial charge in [0, 0.05) is 11.1 Å². The summed E-state index contributed by atoms with van der Waals surface area (Å²) in [5.41, 5.74) is 2.90. The third kappa shape index (κ3) is 2.73. The van der Waals surface area contributed by atoms with Gasteiger partial charge in [0.1, 0.15) is 4.90 Å². The maximum absolute atomic E-state index is 12.7. The van der Waals surface area contributed by atoms with E-state index in [1.165, 1.54) is 12.1 Å². The average molecular weight is 419 g/mol. The second kappa shape index (κ2) is 6.62. The molecule has 0 fully saturated rings. The van der Waals surface area contributed by atoms with Crippen LogP contribution in [0.3, 0.4) is 0 Å². The normalized spacial score (nSPS) is 16.6. The minimum absolute atomic E-state index is 0.0197. The van der Waals surface area contributed by atoms with Crippen LogP contribution in [-0.2, 0) is 16.6 Å². The number of sulfonamides is 1. The van der Waals surface area contributed by atoms with Crippen molar-refractivity contribution in [3.05, 3.63) is 64.3 Å². The maximum Gasteiger partial charge on any atom is 0.269 e. The Kier molecular flexibility index (Phi) is 4.49. The Labute approximate surface area is 168 Å². The van der Waals surface area contributed by atoms with Crippen LogP contribution in [0, 0.1) is 13.8 Å². The minimum atomic E-state index is -3.95. The van der Waals surface area contributed by atoms with E-state index in [-0.39, 0.29) is 23.5 Å². The number of fused-ring (bicyclic) bond motifs is 2. The zero-order valence-corrected chi connectivity index (χ0v) is 17.0. The molecule has 0 aliphatic carbocycles. The number of amides is 1. The van der Waals surface area contributed by atoms with Crippen molar-refractivity contribution in [2.75, 3.05) is 6.54 Å². The minimum Gasteiger partial charge on any atom is -0.389 e. The number of halogens is 1. The summed E-state index contributed by atoms with van der Waals surface area (Å²) in [6.07, 6.45) is -1.09. The highest BCUT2D eigenvalue weighted by Crippen LogP contribution is 2.32. The van der Waals surface area contributed by atoms with Crippen molar-refractivity contribution >= 4 is 38.4 Å². The van der Waals surface area contributed by atoms with Crippen LogP contribution in [0.5, 0.6) is 0 Å². The molecule has 1 atom stereocenters. The van der Waals surface area contributed by atoms with E-state index in [9.17, 15) is 18.3 Å². The third-order valence-corrected chi connectivity index (χ3v) is 7.40. The van der Waals surface area contributed by atoms with Crippen LogP contribution in [0.4, 0.5) is 0 Å². The number of hydrogen-bond acceptors (Lipinski definition) is 4. The van der Waals surface area contributed by atoms with Gasteiger partial charge < -0.3 is 9.67 Å². The molecule has 1 aliphatic rings. The molecule has 4 rings (SSSR count). The molecule has 1 aliphatic heterocycles. The number of para-hydroxylation sites is 1. The van der Waals surface area contributed by atoms with Gasteiger partial charge in [0.15, 0.2) is 0 Å². The number of carbonyl (C=O) groups is 1. The first-order chi connectivity index (χ1) is 13.2. The zero-order chi connectivity index (χ0) is 20.2. The van der Waals surface area contributed by atoms with E-state index in [1.807, 2.05) is 30.5 Å². The van der Waals surface area contributed by atoms with E-state index < -0.39 is 22.0 Å². The average Bonchev–Trinajstić information content (AvgIpc) is 3.01. The topological polar surface area (TPSA) is 79.6 Å². The molecule has 1 aromatic heterocycles. The van der Waals surface area contributed by atoms with Crippen LogP contribution in [0.1, 0.15) is 21.6 Å². The van der Waals surface area contributed by atoms with Gasteiger partial charge in [0.2, 0.25) is 0 Å². The first kappa shape index (κ1) is 19.0. The molecule has 1 amide bonds. The van der Waals surface area contributed by atoms with Gasteiger partial charge in [0.25, 0.3) is 15.9 Å². The van der Waals surface area contributed by atoms with Crippen molar-refractivity contribution in [3.63, 3.8) is 0 Å². The number of carbonyl (C=O) groups excluding carboxylic acids is 1.